The van der Waals surface area contributed by atoms with E-state index in [1.54, 1.807) is 0 Å². The second kappa shape index (κ2) is 7.74. The minimum atomic E-state index is -4.41. The van der Waals surface area contributed by atoms with Crippen LogP contribution in [0.15, 0.2) is 36.7 Å². The number of rotatable bonds is 1. The molecule has 24 heavy (non-hydrogen) atoms. The molecule has 4 nitrogen and oxygen atoms in total. The van der Waals surface area contributed by atoms with Crippen molar-refractivity contribution in [1.82, 2.24) is 9.97 Å². The Morgan fingerprint density at radius 3 is 1.88 bits per heavy atom. The number of alkyl halides is 6. The Balaban J connectivity index is 0.000000240. The summed E-state index contributed by atoms with van der Waals surface area (Å²) in [5.41, 5.74) is 3.58. The molecule has 0 aliphatic rings. The van der Waals surface area contributed by atoms with Gasteiger partial charge < -0.3 is 5.73 Å². The van der Waals surface area contributed by atoms with Gasteiger partial charge in [-0.25, -0.2) is 4.98 Å². The number of halogens is 6. The maximum absolute atomic E-state index is 12.0. The van der Waals surface area contributed by atoms with Crippen LogP contribution in [0.5, 0.6) is 0 Å². The monoisotopic (exact) mass is 348 g/mol. The van der Waals surface area contributed by atoms with Gasteiger partial charge in [-0.1, -0.05) is 0 Å². The van der Waals surface area contributed by atoms with Crippen molar-refractivity contribution in [3.8, 4) is 6.07 Å². The third-order valence-electron chi connectivity index (χ3n) is 2.55. The molecule has 2 aromatic heterocycles. The Kier molecular flexibility index (Phi) is 6.25. The second-order valence-electron chi connectivity index (χ2n) is 4.28. The van der Waals surface area contributed by atoms with Crippen molar-refractivity contribution >= 4 is 0 Å². The molecule has 2 N–H and O–H groups in total. The molecule has 0 radical (unpaired) electrons. The van der Waals surface area contributed by atoms with Crippen LogP contribution in [0.3, 0.4) is 0 Å². The molecular formula is C14H10F6N4. The van der Waals surface area contributed by atoms with Gasteiger partial charge in [-0.05, 0) is 24.3 Å². The van der Waals surface area contributed by atoms with Crippen LogP contribution >= 0.6 is 0 Å². The molecule has 2 rings (SSSR count). The third-order valence-corrected chi connectivity index (χ3v) is 2.55. The molecular weight excluding hydrogens is 338 g/mol. The standard InChI is InChI=1S/C7H7F3N2.C7H3F3N2/c2*8-7(9,10)5-1-2-12-6(3-5)4-11/h1-3H,4,11H2;1-3H. The quantitative estimate of drug-likeness (QED) is 0.800. The van der Waals surface area contributed by atoms with Crippen LogP contribution in [0.1, 0.15) is 22.5 Å². The minimum Gasteiger partial charge on any atom is -0.325 e. The van der Waals surface area contributed by atoms with Gasteiger partial charge in [-0.15, -0.1) is 0 Å². The van der Waals surface area contributed by atoms with Gasteiger partial charge in [0.05, 0.1) is 16.8 Å². The molecule has 0 saturated carbocycles. The number of nitrogens with zero attached hydrogens (tertiary/aromatic N) is 3. The van der Waals surface area contributed by atoms with Gasteiger partial charge in [0.1, 0.15) is 11.8 Å². The van der Waals surface area contributed by atoms with Gasteiger partial charge in [0.2, 0.25) is 0 Å². The van der Waals surface area contributed by atoms with Crippen LogP contribution in [0.2, 0.25) is 0 Å². The van der Waals surface area contributed by atoms with Crippen molar-refractivity contribution in [2.45, 2.75) is 18.9 Å². The van der Waals surface area contributed by atoms with Gasteiger partial charge in [0.25, 0.3) is 0 Å². The highest BCUT2D eigenvalue weighted by atomic mass is 19.4. The number of aromatic nitrogens is 2. The topological polar surface area (TPSA) is 75.6 Å². The SMILES string of the molecule is N#Cc1cc(C(F)(F)F)ccn1.NCc1cc(C(F)(F)F)ccn1. The zero-order valence-electron chi connectivity index (χ0n) is 11.9. The lowest BCUT2D eigenvalue weighted by Crippen LogP contribution is -2.07. The van der Waals surface area contributed by atoms with Gasteiger partial charge in [-0.2, -0.15) is 31.6 Å². The molecule has 0 fully saturated rings. The number of hydrogen-bond acceptors (Lipinski definition) is 4. The Hall–Kier alpha value is -2.67. The van der Waals surface area contributed by atoms with Crippen LogP contribution in [-0.4, -0.2) is 9.97 Å². The van der Waals surface area contributed by atoms with E-state index in [1.807, 2.05) is 0 Å². The largest absolute Gasteiger partial charge is 0.416 e. The van der Waals surface area contributed by atoms with Gasteiger partial charge in [0.15, 0.2) is 0 Å². The van der Waals surface area contributed by atoms with E-state index >= 15 is 0 Å². The lowest BCUT2D eigenvalue weighted by molar-refractivity contribution is -0.138. The third kappa shape index (κ3) is 5.85. The number of nitrogens with two attached hydrogens (primary N) is 1. The van der Waals surface area contributed by atoms with Crippen molar-refractivity contribution < 1.29 is 26.3 Å². The summed E-state index contributed by atoms with van der Waals surface area (Å²) < 4.78 is 72.0. The smallest absolute Gasteiger partial charge is 0.325 e. The van der Waals surface area contributed by atoms with Crippen molar-refractivity contribution in [2.75, 3.05) is 0 Å². The predicted molar refractivity (Wildman–Crippen MR) is 71.1 cm³/mol. The Morgan fingerprint density at radius 1 is 0.917 bits per heavy atom. The fourth-order valence-electron chi connectivity index (χ4n) is 1.43. The van der Waals surface area contributed by atoms with Crippen LogP contribution in [-0.2, 0) is 18.9 Å². The summed E-state index contributed by atoms with van der Waals surface area (Å²) in [5.74, 6) is 0. The summed E-state index contributed by atoms with van der Waals surface area (Å²) in [6.07, 6.45) is -6.66. The van der Waals surface area contributed by atoms with Crippen LogP contribution in [0.25, 0.3) is 0 Å². The Bertz CT molecular complexity index is 718. The Labute approximate surface area is 132 Å². The van der Waals surface area contributed by atoms with Crippen LogP contribution in [0.4, 0.5) is 26.3 Å². The summed E-state index contributed by atoms with van der Waals surface area (Å²) in [6, 6.07) is 4.92. The lowest BCUT2D eigenvalue weighted by Gasteiger charge is -2.06. The lowest BCUT2D eigenvalue weighted by atomic mass is 10.2. The van der Waals surface area contributed by atoms with Gasteiger partial charge >= 0.3 is 12.4 Å². The molecule has 0 saturated heterocycles. The van der Waals surface area contributed by atoms with E-state index in [1.165, 1.54) is 6.07 Å². The molecule has 0 spiro atoms. The zero-order valence-corrected chi connectivity index (χ0v) is 11.9. The van der Waals surface area contributed by atoms with Gasteiger partial charge in [-0.3, -0.25) is 4.98 Å². The predicted octanol–water partition coefficient (Wildman–Crippen LogP) is 3.53. The van der Waals surface area contributed by atoms with Crippen molar-refractivity contribution in [2.24, 2.45) is 5.73 Å². The highest BCUT2D eigenvalue weighted by molar-refractivity contribution is 5.27. The molecule has 0 aromatic carbocycles. The molecule has 0 amide bonds. The fourth-order valence-corrected chi connectivity index (χ4v) is 1.43. The first-order valence-electron chi connectivity index (χ1n) is 6.23. The maximum Gasteiger partial charge on any atom is 0.416 e. The molecule has 0 aliphatic carbocycles. The average Bonchev–Trinajstić information content (AvgIpc) is 2.54. The van der Waals surface area contributed by atoms with Gasteiger partial charge in [0, 0.05) is 18.9 Å². The first-order chi connectivity index (χ1) is 11.1. The summed E-state index contributed by atoms with van der Waals surface area (Å²) in [6.45, 7) is 0.0178. The molecule has 2 aromatic rings. The fraction of sp³-hybridized carbons (Fsp3) is 0.214. The molecule has 10 heteroatoms. The molecule has 128 valence electrons. The molecule has 0 atom stereocenters. The van der Waals surface area contributed by atoms with Crippen LogP contribution < -0.4 is 5.73 Å². The summed E-state index contributed by atoms with van der Waals surface area (Å²) in [4.78, 5) is 7.06. The molecule has 0 unspecified atom stereocenters. The summed E-state index contributed by atoms with van der Waals surface area (Å²) in [7, 11) is 0. The van der Waals surface area contributed by atoms with Crippen molar-refractivity contribution in [3.63, 3.8) is 0 Å². The van der Waals surface area contributed by atoms with E-state index < -0.39 is 23.5 Å². The summed E-state index contributed by atoms with van der Waals surface area (Å²) in [5, 5.41) is 8.25. The van der Waals surface area contributed by atoms with E-state index in [0.717, 1.165) is 30.6 Å². The van der Waals surface area contributed by atoms with E-state index in [0.29, 0.717) is 6.07 Å². The number of hydrogen-bond donors (Lipinski definition) is 1. The summed E-state index contributed by atoms with van der Waals surface area (Å²) >= 11 is 0. The van der Waals surface area contributed by atoms with E-state index in [-0.39, 0.29) is 17.9 Å². The average molecular weight is 348 g/mol. The highest BCUT2D eigenvalue weighted by Gasteiger charge is 2.31. The van der Waals surface area contributed by atoms with Crippen molar-refractivity contribution in [3.05, 3.63) is 59.2 Å². The minimum absolute atomic E-state index is 0.0178. The molecule has 0 aliphatic heterocycles. The number of nitriles is 1. The highest BCUT2D eigenvalue weighted by Crippen LogP contribution is 2.29. The maximum atomic E-state index is 12.0. The normalized spacial score (nSPS) is 11.2. The Morgan fingerprint density at radius 2 is 1.42 bits per heavy atom. The first kappa shape index (κ1) is 19.4. The molecule has 2 heterocycles. The molecule has 0 bridgehead atoms. The van der Waals surface area contributed by atoms with E-state index in [2.05, 4.69) is 9.97 Å². The number of pyridine rings is 2. The second-order valence-corrected chi connectivity index (χ2v) is 4.28. The van der Waals surface area contributed by atoms with Crippen molar-refractivity contribution in [1.29, 1.82) is 5.26 Å². The van der Waals surface area contributed by atoms with E-state index in [4.69, 9.17) is 11.0 Å². The van der Waals surface area contributed by atoms with E-state index in [9.17, 15) is 26.3 Å². The first-order valence-corrected chi connectivity index (χ1v) is 6.23. The van der Waals surface area contributed by atoms with Crippen LogP contribution in [0, 0.1) is 11.3 Å². The zero-order chi connectivity index (χ0) is 18.4.